The lowest BCUT2D eigenvalue weighted by atomic mass is 10.0. The van der Waals surface area contributed by atoms with E-state index in [1.165, 1.54) is 13.8 Å². The fourth-order valence-corrected chi connectivity index (χ4v) is 1.32. The van der Waals surface area contributed by atoms with E-state index in [1.54, 1.807) is 0 Å². The number of hydrogen-bond donors (Lipinski definition) is 0. The molecule has 2 nitrogen and oxygen atoms in total. The molecule has 0 saturated heterocycles. The number of halogens is 2. The van der Waals surface area contributed by atoms with Crippen molar-refractivity contribution in [2.24, 2.45) is 0 Å². The van der Waals surface area contributed by atoms with Crippen molar-refractivity contribution in [3.05, 3.63) is 11.3 Å². The summed E-state index contributed by atoms with van der Waals surface area (Å²) >= 11 is 0. The van der Waals surface area contributed by atoms with Gasteiger partial charge in [0.1, 0.15) is 0 Å². The smallest absolute Gasteiger partial charge is 0.572 e. The molecule has 0 N–H and O–H groups in total. The van der Waals surface area contributed by atoms with Crippen LogP contribution < -0.4 is 0 Å². The Hall–Kier alpha value is -0.865. The fourth-order valence-electron chi connectivity index (χ4n) is 1.32. The van der Waals surface area contributed by atoms with E-state index in [1.807, 2.05) is 6.92 Å². The maximum absolute atomic E-state index is 12.6. The monoisotopic (exact) mass is 176 g/mol. The van der Waals surface area contributed by atoms with Crippen molar-refractivity contribution in [3.63, 3.8) is 0 Å². The van der Waals surface area contributed by atoms with Crippen LogP contribution in [-0.2, 0) is 9.00 Å². The zero-order chi connectivity index (χ0) is 9.35. The molecule has 0 aromatic heterocycles. The third-order valence-corrected chi connectivity index (χ3v) is 1.83. The molecular weight excluding hydrogens is 165 g/mol. The van der Waals surface area contributed by atoms with Gasteiger partial charge in [0, 0.05) is 6.92 Å². The molecule has 0 bridgehead atoms. The molecule has 0 fully saturated rings. The molecule has 0 atom stereocenters. The van der Waals surface area contributed by atoms with Gasteiger partial charge in [0.25, 0.3) is 5.78 Å². The second-order valence-electron chi connectivity index (χ2n) is 2.72. The molecule has 68 valence electrons. The standard InChI is InChI=1S/C7H11BF2O2/c1-4-7-5(2)11-8(9,10)12-6(7)3/h4H2,1-3H3. The number of ketones is 1. The first-order valence-corrected chi connectivity index (χ1v) is 3.88. The molecule has 0 amide bonds. The normalized spacial score (nSPS) is 21.9. The molecule has 1 rings (SSSR count). The predicted molar refractivity (Wildman–Crippen MR) is 42.7 cm³/mol. The van der Waals surface area contributed by atoms with Gasteiger partial charge in [0.05, 0.1) is 11.3 Å². The van der Waals surface area contributed by atoms with Gasteiger partial charge in [-0.2, -0.15) is 0 Å². The second kappa shape index (κ2) is 2.88. The largest absolute Gasteiger partial charge is 0.994 e. The Labute approximate surface area is 70.0 Å². The van der Waals surface area contributed by atoms with E-state index < -0.39 is 7.11 Å². The van der Waals surface area contributed by atoms with Crippen LogP contribution in [0.25, 0.3) is 0 Å². The molecule has 0 aromatic rings. The van der Waals surface area contributed by atoms with Gasteiger partial charge in [0.15, 0.2) is 0 Å². The number of rotatable bonds is 1. The molecule has 0 aliphatic carbocycles. The highest BCUT2D eigenvalue weighted by molar-refractivity contribution is 6.50. The van der Waals surface area contributed by atoms with Crippen LogP contribution in [0.2, 0.25) is 0 Å². The summed E-state index contributed by atoms with van der Waals surface area (Å²) in [5.74, 6) is 0.539. The predicted octanol–water partition coefficient (Wildman–Crippen LogP) is 2.20. The van der Waals surface area contributed by atoms with E-state index in [0.717, 1.165) is 5.57 Å². The summed E-state index contributed by atoms with van der Waals surface area (Å²) in [4.78, 5) is 0. The summed E-state index contributed by atoms with van der Waals surface area (Å²) in [6.07, 6.45) is 0.643. The minimum Gasteiger partial charge on any atom is -0.572 e. The molecule has 1 aliphatic rings. The van der Waals surface area contributed by atoms with Crippen LogP contribution in [0.4, 0.5) is 8.63 Å². The number of allylic oxidation sites excluding steroid dienone is 2. The zero-order valence-corrected chi connectivity index (χ0v) is 7.36. The van der Waals surface area contributed by atoms with E-state index in [4.69, 9.17) is 0 Å². The van der Waals surface area contributed by atoms with Gasteiger partial charge in [-0.05, 0) is 13.3 Å². The lowest BCUT2D eigenvalue weighted by molar-refractivity contribution is -0.365. The van der Waals surface area contributed by atoms with E-state index in [0.29, 0.717) is 6.42 Å². The van der Waals surface area contributed by atoms with E-state index in [2.05, 4.69) is 9.00 Å². The van der Waals surface area contributed by atoms with Crippen LogP contribution in [0, 0.1) is 0 Å². The van der Waals surface area contributed by atoms with Gasteiger partial charge in [-0.25, -0.2) is 0 Å². The first-order valence-electron chi connectivity index (χ1n) is 3.88. The molecule has 12 heavy (non-hydrogen) atoms. The Morgan fingerprint density at radius 2 is 2.00 bits per heavy atom. The minimum absolute atomic E-state index is 0.270. The molecule has 0 spiro atoms. The number of carbonyl (C=O) groups excluding carboxylic acids is 1. The van der Waals surface area contributed by atoms with Crippen LogP contribution in [-0.4, -0.2) is 12.9 Å². The molecule has 0 radical (unpaired) electrons. The Morgan fingerprint density at radius 1 is 1.42 bits per heavy atom. The summed E-state index contributed by atoms with van der Waals surface area (Å²) in [7, 11) is -4.11. The van der Waals surface area contributed by atoms with Gasteiger partial charge in [-0.3, -0.25) is 0 Å². The molecule has 0 saturated carbocycles. The Balaban J connectivity index is 3.00. The zero-order valence-electron chi connectivity index (χ0n) is 7.36. The average Bonchev–Trinajstić information content (AvgIpc) is 1.82. The van der Waals surface area contributed by atoms with Crippen LogP contribution in [0.3, 0.4) is 0 Å². The van der Waals surface area contributed by atoms with Crippen LogP contribution in [0.15, 0.2) is 11.3 Å². The maximum Gasteiger partial charge on any atom is 0.994 e. The Morgan fingerprint density at radius 3 is 2.42 bits per heavy atom. The summed E-state index contributed by atoms with van der Waals surface area (Å²) in [6.45, 7) is 4.92. The van der Waals surface area contributed by atoms with Crippen molar-refractivity contribution < 1.29 is 17.6 Å². The highest BCUT2D eigenvalue weighted by atomic mass is 19.3. The molecule has 5 heteroatoms. The van der Waals surface area contributed by atoms with Gasteiger partial charge in [-0.1, -0.05) is 6.92 Å². The lowest BCUT2D eigenvalue weighted by Gasteiger charge is -2.20. The Kier molecular flexibility index (Phi) is 2.21. The van der Waals surface area contributed by atoms with Gasteiger partial charge in [-0.15, -0.1) is 0 Å². The Bertz CT molecular complexity index is 258. The van der Waals surface area contributed by atoms with Gasteiger partial charge in [0.2, 0.25) is 0 Å². The van der Waals surface area contributed by atoms with Gasteiger partial charge >= 0.3 is 7.11 Å². The van der Waals surface area contributed by atoms with Gasteiger partial charge < -0.3 is 17.6 Å². The SMILES string of the molecule is CCC1=C(C)O[B-](F)(F)[O+]=C1C. The molecule has 1 heterocycles. The van der Waals surface area contributed by atoms with Crippen molar-refractivity contribution in [2.75, 3.05) is 0 Å². The summed E-state index contributed by atoms with van der Waals surface area (Å²) in [5.41, 5.74) is 0.725. The van der Waals surface area contributed by atoms with Crippen molar-refractivity contribution in [2.45, 2.75) is 27.2 Å². The highest BCUT2D eigenvalue weighted by Crippen LogP contribution is 2.23. The van der Waals surface area contributed by atoms with Crippen LogP contribution >= 0.6 is 0 Å². The van der Waals surface area contributed by atoms with Crippen molar-refractivity contribution in [1.29, 1.82) is 0 Å². The third kappa shape index (κ3) is 1.65. The first-order chi connectivity index (χ1) is 5.46. The lowest BCUT2D eigenvalue weighted by Crippen LogP contribution is -2.35. The van der Waals surface area contributed by atoms with Crippen LogP contribution in [0.5, 0.6) is 0 Å². The van der Waals surface area contributed by atoms with Crippen molar-refractivity contribution in [3.8, 4) is 0 Å². The highest BCUT2D eigenvalue weighted by Gasteiger charge is 2.52. The van der Waals surface area contributed by atoms with Crippen molar-refractivity contribution in [1.82, 2.24) is 0 Å². The first kappa shape index (κ1) is 9.22. The van der Waals surface area contributed by atoms with Crippen molar-refractivity contribution >= 4 is 12.9 Å². The summed E-state index contributed by atoms with van der Waals surface area (Å²) in [5, 5.41) is 0. The quantitative estimate of drug-likeness (QED) is 0.443. The van der Waals surface area contributed by atoms with E-state index in [9.17, 15) is 8.63 Å². The second-order valence-corrected chi connectivity index (χ2v) is 2.72. The maximum atomic E-state index is 12.6. The molecule has 0 aromatic carbocycles. The van der Waals surface area contributed by atoms with E-state index >= 15 is 0 Å². The van der Waals surface area contributed by atoms with E-state index in [-0.39, 0.29) is 11.5 Å². The summed E-state index contributed by atoms with van der Waals surface area (Å²) < 4.78 is 33.8. The third-order valence-electron chi connectivity index (χ3n) is 1.83. The molecule has 0 unspecified atom stereocenters. The minimum atomic E-state index is -4.11. The average molecular weight is 176 g/mol. The van der Waals surface area contributed by atoms with Crippen LogP contribution in [0.1, 0.15) is 27.2 Å². The summed E-state index contributed by atoms with van der Waals surface area (Å²) in [6, 6.07) is 0. The number of hydrogen-bond acceptors (Lipinski definition) is 1. The fraction of sp³-hybridized carbons (Fsp3) is 0.571. The topological polar surface area (TPSA) is 20.5 Å². The molecule has 1 aliphatic heterocycles. The molecular formula is C7H11BF2O2.